The summed E-state index contributed by atoms with van der Waals surface area (Å²) in [5, 5.41) is 0. The molecule has 1 atom stereocenters. The highest BCUT2D eigenvalue weighted by Gasteiger charge is 2.32. The maximum atomic E-state index is 12.2. The zero-order chi connectivity index (χ0) is 15.0. The molecule has 0 aromatic heterocycles. The highest BCUT2D eigenvalue weighted by molar-refractivity contribution is 6.02. The molecule has 0 N–H and O–H groups in total. The van der Waals surface area contributed by atoms with Gasteiger partial charge in [0.2, 0.25) is 0 Å². The molecule has 0 bridgehead atoms. The van der Waals surface area contributed by atoms with Crippen LogP contribution in [-0.2, 0) is 19.1 Å². The quantitative estimate of drug-likeness (QED) is 0.480. The van der Waals surface area contributed by atoms with E-state index in [1.807, 2.05) is 13.8 Å². The van der Waals surface area contributed by atoms with E-state index in [9.17, 15) is 23.2 Å². The fraction of sp³-hybridized carbons (Fsp3) is 0.769. The van der Waals surface area contributed by atoms with E-state index in [0.29, 0.717) is 6.42 Å². The van der Waals surface area contributed by atoms with Crippen LogP contribution in [0.5, 0.6) is 0 Å². The molecule has 0 aliphatic carbocycles. The van der Waals surface area contributed by atoms with Crippen molar-refractivity contribution in [1.29, 1.82) is 0 Å². The smallest absolute Gasteiger partial charge is 0.316 e. The molecule has 4 nitrogen and oxygen atoms in total. The average molecular weight is 278 g/mol. The topological polar surface area (TPSA) is 60.4 Å². The molecule has 0 aromatic carbocycles. The molecule has 0 saturated carbocycles. The van der Waals surface area contributed by atoms with Crippen LogP contribution in [0.25, 0.3) is 0 Å². The van der Waals surface area contributed by atoms with Crippen molar-refractivity contribution in [3.8, 4) is 0 Å². The molecule has 19 heavy (non-hydrogen) atoms. The van der Waals surface area contributed by atoms with Crippen molar-refractivity contribution >= 4 is 17.5 Å². The molecule has 0 amide bonds. The van der Waals surface area contributed by atoms with E-state index in [2.05, 4.69) is 4.74 Å². The number of ether oxygens (including phenoxy) is 1. The van der Waals surface area contributed by atoms with Gasteiger partial charge in [-0.3, -0.25) is 14.4 Å². The Hall–Kier alpha value is -1.33. The number of esters is 1. The molecule has 0 saturated heterocycles. The summed E-state index contributed by atoms with van der Waals surface area (Å²) in [5.41, 5.74) is 0. The monoisotopic (exact) mass is 278 g/mol. The summed E-state index contributed by atoms with van der Waals surface area (Å²) in [7, 11) is 0. The second kappa shape index (κ2) is 8.72. The zero-order valence-corrected chi connectivity index (χ0v) is 11.4. The van der Waals surface area contributed by atoms with Gasteiger partial charge in [0.05, 0.1) is 6.61 Å². The van der Waals surface area contributed by atoms with Gasteiger partial charge >= 0.3 is 5.97 Å². The largest absolute Gasteiger partial charge is 0.465 e. The van der Waals surface area contributed by atoms with Crippen molar-refractivity contribution in [2.45, 2.75) is 46.5 Å². The molecule has 0 rings (SSSR count). The van der Waals surface area contributed by atoms with Crippen molar-refractivity contribution in [3.63, 3.8) is 0 Å². The van der Waals surface area contributed by atoms with Gasteiger partial charge in [-0.25, -0.2) is 8.78 Å². The standard InChI is InChI=1S/C13H20F2O4/c1-4-19-13(18)9(7-11(17)12(14)15)10(16)6-5-8(2)3/h8-9,12H,4-7H2,1-3H3. The Bertz CT molecular complexity index is 327. The van der Waals surface area contributed by atoms with Crippen LogP contribution in [0.2, 0.25) is 0 Å². The van der Waals surface area contributed by atoms with E-state index >= 15 is 0 Å². The number of rotatable bonds is 9. The molecule has 0 fully saturated rings. The van der Waals surface area contributed by atoms with Crippen LogP contribution in [0.15, 0.2) is 0 Å². The Kier molecular flexibility index (Phi) is 8.11. The number of hydrogen-bond donors (Lipinski definition) is 0. The Morgan fingerprint density at radius 2 is 1.68 bits per heavy atom. The van der Waals surface area contributed by atoms with Gasteiger partial charge in [-0.1, -0.05) is 13.8 Å². The maximum absolute atomic E-state index is 12.2. The molecule has 0 spiro atoms. The van der Waals surface area contributed by atoms with E-state index in [4.69, 9.17) is 0 Å². The normalized spacial score (nSPS) is 12.6. The van der Waals surface area contributed by atoms with Gasteiger partial charge in [0.25, 0.3) is 6.43 Å². The predicted molar refractivity (Wildman–Crippen MR) is 64.8 cm³/mol. The van der Waals surface area contributed by atoms with Crippen molar-refractivity contribution in [1.82, 2.24) is 0 Å². The lowest BCUT2D eigenvalue weighted by atomic mass is 9.92. The maximum Gasteiger partial charge on any atom is 0.316 e. The molecule has 1 unspecified atom stereocenters. The van der Waals surface area contributed by atoms with Gasteiger partial charge in [0.1, 0.15) is 11.7 Å². The Balaban J connectivity index is 4.70. The molecule has 0 heterocycles. The average Bonchev–Trinajstić information content (AvgIpc) is 2.32. The van der Waals surface area contributed by atoms with Crippen molar-refractivity contribution in [2.75, 3.05) is 6.61 Å². The van der Waals surface area contributed by atoms with Crippen LogP contribution >= 0.6 is 0 Å². The highest BCUT2D eigenvalue weighted by atomic mass is 19.3. The third kappa shape index (κ3) is 6.98. The van der Waals surface area contributed by atoms with E-state index in [1.54, 1.807) is 6.92 Å². The molecule has 0 radical (unpaired) electrons. The van der Waals surface area contributed by atoms with Crippen LogP contribution in [0.3, 0.4) is 0 Å². The molecule has 0 aliphatic rings. The van der Waals surface area contributed by atoms with E-state index in [0.717, 1.165) is 0 Å². The zero-order valence-electron chi connectivity index (χ0n) is 11.4. The van der Waals surface area contributed by atoms with Crippen molar-refractivity contribution in [2.24, 2.45) is 11.8 Å². The molecular formula is C13H20F2O4. The van der Waals surface area contributed by atoms with Crippen LogP contribution in [0.4, 0.5) is 8.78 Å². The van der Waals surface area contributed by atoms with Gasteiger partial charge in [-0.15, -0.1) is 0 Å². The summed E-state index contributed by atoms with van der Waals surface area (Å²) in [6.45, 7) is 5.38. The lowest BCUT2D eigenvalue weighted by Gasteiger charge is -2.14. The van der Waals surface area contributed by atoms with E-state index in [-0.39, 0.29) is 18.9 Å². The SMILES string of the molecule is CCOC(=O)C(CC(=O)C(F)F)C(=O)CCC(C)C. The third-order valence-corrected chi connectivity index (χ3v) is 2.58. The minimum Gasteiger partial charge on any atom is -0.465 e. The fourth-order valence-corrected chi connectivity index (χ4v) is 1.47. The first-order valence-corrected chi connectivity index (χ1v) is 6.29. The minimum absolute atomic E-state index is 0.0374. The highest BCUT2D eigenvalue weighted by Crippen LogP contribution is 2.16. The minimum atomic E-state index is -3.17. The lowest BCUT2D eigenvalue weighted by Crippen LogP contribution is -2.30. The summed E-state index contributed by atoms with van der Waals surface area (Å²) < 4.78 is 29.1. The fourth-order valence-electron chi connectivity index (χ4n) is 1.47. The van der Waals surface area contributed by atoms with Gasteiger partial charge in [-0.05, 0) is 19.3 Å². The first kappa shape index (κ1) is 17.7. The molecular weight excluding hydrogens is 258 g/mol. The van der Waals surface area contributed by atoms with Crippen LogP contribution in [0.1, 0.15) is 40.0 Å². The van der Waals surface area contributed by atoms with Gasteiger partial charge in [0, 0.05) is 12.8 Å². The second-order valence-electron chi connectivity index (χ2n) is 4.67. The molecule has 6 heteroatoms. The van der Waals surface area contributed by atoms with E-state index < -0.39 is 36.3 Å². The Morgan fingerprint density at radius 3 is 2.11 bits per heavy atom. The number of carbonyl (C=O) groups excluding carboxylic acids is 3. The third-order valence-electron chi connectivity index (χ3n) is 2.58. The van der Waals surface area contributed by atoms with Crippen molar-refractivity contribution < 1.29 is 27.9 Å². The van der Waals surface area contributed by atoms with E-state index in [1.165, 1.54) is 0 Å². The van der Waals surface area contributed by atoms with Gasteiger partial charge < -0.3 is 4.74 Å². The van der Waals surface area contributed by atoms with Gasteiger partial charge in [0.15, 0.2) is 5.78 Å². The van der Waals surface area contributed by atoms with Crippen LogP contribution in [-0.4, -0.2) is 30.6 Å². The molecule has 0 aromatic rings. The number of Topliss-reactive ketones (excluding diaryl/α,β-unsaturated/α-hetero) is 2. The number of carbonyl (C=O) groups is 3. The summed E-state index contributed by atoms with van der Waals surface area (Å²) >= 11 is 0. The Morgan fingerprint density at radius 1 is 1.11 bits per heavy atom. The first-order valence-electron chi connectivity index (χ1n) is 6.29. The lowest BCUT2D eigenvalue weighted by molar-refractivity contribution is -0.154. The summed E-state index contributed by atoms with van der Waals surface area (Å²) in [5.74, 6) is -3.97. The van der Waals surface area contributed by atoms with Gasteiger partial charge in [-0.2, -0.15) is 0 Å². The molecule has 0 aliphatic heterocycles. The number of alkyl halides is 2. The van der Waals surface area contributed by atoms with Crippen molar-refractivity contribution in [3.05, 3.63) is 0 Å². The second-order valence-corrected chi connectivity index (χ2v) is 4.67. The summed E-state index contributed by atoms with van der Waals surface area (Å²) in [6.07, 6.45) is -3.34. The Labute approximate surface area is 111 Å². The molecule has 110 valence electrons. The van der Waals surface area contributed by atoms with Crippen LogP contribution in [0, 0.1) is 11.8 Å². The summed E-state index contributed by atoms with van der Waals surface area (Å²) in [6, 6.07) is 0. The number of ketones is 2. The first-order chi connectivity index (χ1) is 8.79. The predicted octanol–water partition coefficient (Wildman–Crippen LogP) is 2.40. The number of hydrogen-bond acceptors (Lipinski definition) is 4. The number of halogens is 2. The summed E-state index contributed by atoms with van der Waals surface area (Å²) in [4.78, 5) is 34.4. The van der Waals surface area contributed by atoms with Crippen LogP contribution < -0.4 is 0 Å².